The molecule has 0 unspecified atom stereocenters. The van der Waals surface area contributed by atoms with Crippen molar-refractivity contribution in [2.45, 2.75) is 19.3 Å². The van der Waals surface area contributed by atoms with Crippen LogP contribution < -0.4 is 5.32 Å². The summed E-state index contributed by atoms with van der Waals surface area (Å²) in [5, 5.41) is 2.99. The highest BCUT2D eigenvalue weighted by atomic mass is 16.2. The molecule has 3 aromatic rings. The molecule has 1 saturated heterocycles. The first-order valence-corrected chi connectivity index (χ1v) is 11.0. The average molecular weight is 442 g/mol. The molecule has 1 N–H and O–H groups in total. The van der Waals surface area contributed by atoms with E-state index in [9.17, 15) is 9.59 Å². The smallest absolute Gasteiger partial charge is 0.255 e. The minimum atomic E-state index is -0.759. The molecule has 0 saturated carbocycles. The van der Waals surface area contributed by atoms with Gasteiger partial charge in [0.2, 0.25) is 5.91 Å². The summed E-state index contributed by atoms with van der Waals surface area (Å²) in [6.45, 7) is 5.05. The fourth-order valence-electron chi connectivity index (χ4n) is 4.50. The number of hydrogen-bond acceptors (Lipinski definition) is 5. The van der Waals surface area contributed by atoms with Gasteiger partial charge in [-0.05, 0) is 42.5 Å². The molecule has 3 heterocycles. The molecule has 1 aromatic carbocycles. The zero-order valence-corrected chi connectivity index (χ0v) is 18.5. The number of likely N-dealkylation sites (tertiary alicyclic amines) is 1. The van der Waals surface area contributed by atoms with Gasteiger partial charge in [-0.15, -0.1) is 6.58 Å². The maximum Gasteiger partial charge on any atom is 0.255 e. The predicted octanol–water partition coefficient (Wildman–Crippen LogP) is 3.31. The van der Waals surface area contributed by atoms with Crippen molar-refractivity contribution in [1.82, 2.24) is 25.2 Å². The lowest BCUT2D eigenvalue weighted by Crippen LogP contribution is -2.54. The lowest BCUT2D eigenvalue weighted by Gasteiger charge is -2.42. The Labute approximate surface area is 193 Å². The molecule has 0 aliphatic carbocycles. The van der Waals surface area contributed by atoms with E-state index >= 15 is 0 Å². The Balaban J connectivity index is 1.68. The number of amides is 2. The first kappa shape index (κ1) is 22.3. The molecule has 1 fully saturated rings. The molecular weight excluding hydrogens is 414 g/mol. The third kappa shape index (κ3) is 4.98. The average Bonchev–Trinajstić information content (AvgIpc) is 2.88. The quantitative estimate of drug-likeness (QED) is 0.569. The Bertz CT molecular complexity index is 1120. The Hall–Kier alpha value is -3.87. The number of carbonyl (C=O) groups excluding carboxylic acids is 2. The van der Waals surface area contributed by atoms with E-state index in [4.69, 9.17) is 0 Å². The van der Waals surface area contributed by atoms with Crippen LogP contribution >= 0.6 is 0 Å². The fourth-order valence-corrected chi connectivity index (χ4v) is 4.50. The number of rotatable bonds is 7. The second-order valence-corrected chi connectivity index (χ2v) is 8.31. The van der Waals surface area contributed by atoms with Crippen molar-refractivity contribution in [3.63, 3.8) is 0 Å². The zero-order valence-electron chi connectivity index (χ0n) is 18.5. The number of carbonyl (C=O) groups is 2. The maximum absolute atomic E-state index is 13.5. The molecule has 1 atom stereocenters. The van der Waals surface area contributed by atoms with E-state index in [1.807, 2.05) is 24.3 Å². The monoisotopic (exact) mass is 441 g/mol. The molecule has 0 radical (unpaired) electrons. The van der Waals surface area contributed by atoms with Crippen LogP contribution in [0, 0.1) is 5.41 Å². The highest BCUT2D eigenvalue weighted by Crippen LogP contribution is 2.37. The molecule has 33 heavy (non-hydrogen) atoms. The topological polar surface area (TPSA) is 88.1 Å². The molecule has 2 amide bonds. The number of hydrogen-bond donors (Lipinski definition) is 1. The Morgan fingerprint density at radius 2 is 1.91 bits per heavy atom. The van der Waals surface area contributed by atoms with Crippen LogP contribution in [-0.4, -0.2) is 51.3 Å². The van der Waals surface area contributed by atoms with E-state index in [-0.39, 0.29) is 11.8 Å². The summed E-state index contributed by atoms with van der Waals surface area (Å²) in [5.41, 5.74) is 2.68. The molecule has 0 bridgehead atoms. The minimum Gasteiger partial charge on any atom is -0.352 e. The van der Waals surface area contributed by atoms with E-state index in [1.54, 1.807) is 47.9 Å². The predicted molar refractivity (Wildman–Crippen MR) is 126 cm³/mol. The lowest BCUT2D eigenvalue weighted by molar-refractivity contribution is -0.133. The molecular formula is C26H27N5O2. The van der Waals surface area contributed by atoms with Crippen LogP contribution in [0.3, 0.4) is 0 Å². The minimum absolute atomic E-state index is 0.0646. The summed E-state index contributed by atoms with van der Waals surface area (Å²) >= 11 is 0. The van der Waals surface area contributed by atoms with Crippen LogP contribution in [0.4, 0.5) is 0 Å². The van der Waals surface area contributed by atoms with Gasteiger partial charge in [-0.2, -0.15) is 0 Å². The number of pyridine rings is 1. The molecule has 0 spiro atoms. The molecule has 1 aliphatic rings. The van der Waals surface area contributed by atoms with Gasteiger partial charge in [0, 0.05) is 50.0 Å². The largest absolute Gasteiger partial charge is 0.352 e. The standard InChI is InChI=1S/C26H27N5O2/c1-2-11-30-25(33)26(10-6-13-31(18-26)24(32)21-8-5-12-27-15-21)14-20-7-3-4-9-23(20)22-16-28-19-29-17-22/h2-5,7-9,12,15-17,19H,1,6,10-11,13-14,18H2,(H,30,33)/t26-/m1/s1. The van der Waals surface area contributed by atoms with Gasteiger partial charge in [-0.3, -0.25) is 14.6 Å². The van der Waals surface area contributed by atoms with Crippen molar-refractivity contribution >= 4 is 11.8 Å². The van der Waals surface area contributed by atoms with Crippen LogP contribution in [0.25, 0.3) is 11.1 Å². The summed E-state index contributed by atoms with van der Waals surface area (Å²) in [7, 11) is 0. The van der Waals surface area contributed by atoms with Crippen LogP contribution in [0.1, 0.15) is 28.8 Å². The van der Waals surface area contributed by atoms with Gasteiger partial charge >= 0.3 is 0 Å². The zero-order chi connectivity index (χ0) is 23.1. The van der Waals surface area contributed by atoms with Crippen molar-refractivity contribution in [2.24, 2.45) is 5.41 Å². The van der Waals surface area contributed by atoms with E-state index in [0.29, 0.717) is 38.0 Å². The number of aromatic nitrogens is 3. The van der Waals surface area contributed by atoms with Crippen LogP contribution in [0.15, 0.2) is 80.2 Å². The van der Waals surface area contributed by atoms with Gasteiger partial charge in [0.25, 0.3) is 5.91 Å². The van der Waals surface area contributed by atoms with Crippen molar-refractivity contribution in [1.29, 1.82) is 0 Å². The van der Waals surface area contributed by atoms with Gasteiger partial charge in [-0.1, -0.05) is 30.3 Å². The second-order valence-electron chi connectivity index (χ2n) is 8.31. The SMILES string of the molecule is C=CCNC(=O)[C@@]1(Cc2ccccc2-c2cncnc2)CCCN(C(=O)c2cccnc2)C1. The van der Waals surface area contributed by atoms with E-state index in [0.717, 1.165) is 23.1 Å². The third-order valence-corrected chi connectivity index (χ3v) is 6.08. The van der Waals surface area contributed by atoms with Crippen LogP contribution in [-0.2, 0) is 11.2 Å². The lowest BCUT2D eigenvalue weighted by atomic mass is 9.73. The molecule has 2 aromatic heterocycles. The van der Waals surface area contributed by atoms with Gasteiger partial charge in [0.05, 0.1) is 11.0 Å². The number of nitrogens with zero attached hydrogens (tertiary/aromatic N) is 4. The number of benzene rings is 1. The number of piperidine rings is 1. The second kappa shape index (κ2) is 10.2. The Kier molecular flexibility index (Phi) is 6.88. The van der Waals surface area contributed by atoms with Crippen molar-refractivity contribution < 1.29 is 9.59 Å². The van der Waals surface area contributed by atoms with Crippen molar-refractivity contribution in [3.8, 4) is 11.1 Å². The summed E-state index contributed by atoms with van der Waals surface area (Å²) in [6, 6.07) is 11.5. The highest BCUT2D eigenvalue weighted by molar-refractivity contribution is 5.94. The Morgan fingerprint density at radius 1 is 1.09 bits per heavy atom. The van der Waals surface area contributed by atoms with Crippen molar-refractivity contribution in [2.75, 3.05) is 19.6 Å². The van der Waals surface area contributed by atoms with Gasteiger partial charge in [-0.25, -0.2) is 9.97 Å². The van der Waals surface area contributed by atoms with Gasteiger partial charge in [0.1, 0.15) is 6.33 Å². The summed E-state index contributed by atoms with van der Waals surface area (Å²) < 4.78 is 0. The normalized spacial score (nSPS) is 17.9. The summed E-state index contributed by atoms with van der Waals surface area (Å²) in [6.07, 6.45) is 11.9. The third-order valence-electron chi connectivity index (χ3n) is 6.08. The highest BCUT2D eigenvalue weighted by Gasteiger charge is 2.43. The van der Waals surface area contributed by atoms with E-state index < -0.39 is 5.41 Å². The van der Waals surface area contributed by atoms with E-state index in [2.05, 4.69) is 26.8 Å². The molecule has 1 aliphatic heterocycles. The summed E-state index contributed by atoms with van der Waals surface area (Å²) in [4.78, 5) is 40.8. The Morgan fingerprint density at radius 3 is 2.67 bits per heavy atom. The van der Waals surface area contributed by atoms with Crippen LogP contribution in [0.5, 0.6) is 0 Å². The number of nitrogens with one attached hydrogen (secondary N) is 1. The van der Waals surface area contributed by atoms with Gasteiger partial charge < -0.3 is 10.2 Å². The first-order valence-electron chi connectivity index (χ1n) is 11.0. The van der Waals surface area contributed by atoms with Gasteiger partial charge in [0.15, 0.2) is 0 Å². The molecule has 168 valence electrons. The maximum atomic E-state index is 13.5. The molecule has 4 rings (SSSR count). The summed E-state index contributed by atoms with van der Waals surface area (Å²) in [5.74, 6) is -0.168. The molecule has 7 heteroatoms. The molecule has 7 nitrogen and oxygen atoms in total. The van der Waals surface area contributed by atoms with Crippen molar-refractivity contribution in [3.05, 3.63) is 91.3 Å². The first-order chi connectivity index (χ1) is 16.1. The van der Waals surface area contributed by atoms with E-state index in [1.165, 1.54) is 6.33 Å². The van der Waals surface area contributed by atoms with Crippen LogP contribution in [0.2, 0.25) is 0 Å². The fraction of sp³-hybridized carbons (Fsp3) is 0.269.